The number of amides is 1. The molecule has 0 radical (unpaired) electrons. The summed E-state index contributed by atoms with van der Waals surface area (Å²) < 4.78 is 5.01. The lowest BCUT2D eigenvalue weighted by atomic mass is 9.96. The summed E-state index contributed by atoms with van der Waals surface area (Å²) >= 11 is 1.59. The summed E-state index contributed by atoms with van der Waals surface area (Å²) in [4.78, 5) is 33.1. The number of nitrogens with one attached hydrogen (secondary N) is 1. The molecular weight excluding hydrogens is 388 g/mol. The van der Waals surface area contributed by atoms with Crippen LogP contribution < -0.4 is 10.2 Å². The summed E-state index contributed by atoms with van der Waals surface area (Å²) in [5, 5.41) is 3.98. The van der Waals surface area contributed by atoms with Gasteiger partial charge in [-0.2, -0.15) is 0 Å². The second-order valence-corrected chi connectivity index (χ2v) is 8.00. The fourth-order valence-corrected chi connectivity index (χ4v) is 4.43. The van der Waals surface area contributed by atoms with Crippen LogP contribution in [0, 0.1) is 5.92 Å². The lowest BCUT2D eigenvalue weighted by Gasteiger charge is -2.30. The highest BCUT2D eigenvalue weighted by atomic mass is 32.1. The topological polar surface area (TPSA) is 93.1 Å². The van der Waals surface area contributed by atoms with Gasteiger partial charge in [0, 0.05) is 57.2 Å². The van der Waals surface area contributed by atoms with Crippen LogP contribution in [0.2, 0.25) is 0 Å². The first-order chi connectivity index (χ1) is 14.2. The standard InChI is InChI=1S/C20H24N6O2S/c1-28-10-2-7-23-18(27)14-5-8-26(9-6-14)20-25-17-4-3-16(24-19(17)29-20)15-11-21-13-22-12-15/h3-4,11-14H,2,5-10H2,1H3,(H,23,27). The Balaban J connectivity index is 1.38. The molecule has 0 bridgehead atoms. The number of carbonyl (C=O) groups excluding carboxylic acids is 1. The Morgan fingerprint density at radius 1 is 1.24 bits per heavy atom. The van der Waals surface area contributed by atoms with Crippen LogP contribution in [-0.2, 0) is 9.53 Å². The summed E-state index contributed by atoms with van der Waals surface area (Å²) in [6.07, 6.45) is 7.55. The minimum Gasteiger partial charge on any atom is -0.385 e. The summed E-state index contributed by atoms with van der Waals surface area (Å²) in [6, 6.07) is 3.94. The molecule has 29 heavy (non-hydrogen) atoms. The number of methoxy groups -OCH3 is 1. The number of hydrogen-bond acceptors (Lipinski definition) is 8. The molecule has 4 heterocycles. The van der Waals surface area contributed by atoms with Crippen molar-refractivity contribution in [1.29, 1.82) is 0 Å². The number of carbonyl (C=O) groups is 1. The first-order valence-electron chi connectivity index (χ1n) is 9.79. The minimum atomic E-state index is 0.0750. The maximum atomic E-state index is 12.3. The Morgan fingerprint density at radius 2 is 2.03 bits per heavy atom. The van der Waals surface area contributed by atoms with E-state index < -0.39 is 0 Å². The van der Waals surface area contributed by atoms with Gasteiger partial charge in [0.1, 0.15) is 16.7 Å². The highest BCUT2D eigenvalue weighted by molar-refractivity contribution is 7.21. The van der Waals surface area contributed by atoms with E-state index in [0.717, 1.165) is 59.1 Å². The number of aromatic nitrogens is 4. The Hall–Kier alpha value is -2.65. The van der Waals surface area contributed by atoms with Crippen molar-refractivity contribution in [3.63, 3.8) is 0 Å². The SMILES string of the molecule is COCCCNC(=O)C1CCN(c2nc3ccc(-c4cncnc4)nc3s2)CC1. The number of ether oxygens (including phenoxy) is 1. The Bertz CT molecular complexity index is 956. The Labute approximate surface area is 173 Å². The average molecular weight is 413 g/mol. The molecule has 1 saturated heterocycles. The van der Waals surface area contributed by atoms with Crippen molar-refractivity contribution in [1.82, 2.24) is 25.3 Å². The number of fused-ring (bicyclic) bond motifs is 1. The van der Waals surface area contributed by atoms with Crippen LogP contribution in [0.1, 0.15) is 19.3 Å². The molecule has 4 rings (SSSR count). The van der Waals surface area contributed by atoms with E-state index in [2.05, 4.69) is 20.2 Å². The third-order valence-corrected chi connectivity index (χ3v) is 6.09. The number of thiazole rings is 1. The largest absolute Gasteiger partial charge is 0.385 e. The highest BCUT2D eigenvalue weighted by Crippen LogP contribution is 2.32. The average Bonchev–Trinajstić information content (AvgIpc) is 3.21. The van der Waals surface area contributed by atoms with Crippen molar-refractivity contribution in [2.75, 3.05) is 38.3 Å². The molecule has 3 aromatic rings. The molecule has 1 N–H and O–H groups in total. The van der Waals surface area contributed by atoms with Crippen LogP contribution in [0.5, 0.6) is 0 Å². The lowest BCUT2D eigenvalue weighted by molar-refractivity contribution is -0.125. The highest BCUT2D eigenvalue weighted by Gasteiger charge is 2.26. The molecule has 9 heteroatoms. The third kappa shape index (κ3) is 4.68. The summed E-state index contributed by atoms with van der Waals surface area (Å²) in [5.41, 5.74) is 2.63. The van der Waals surface area contributed by atoms with E-state index in [4.69, 9.17) is 14.7 Å². The third-order valence-electron chi connectivity index (χ3n) is 5.06. The van der Waals surface area contributed by atoms with Crippen LogP contribution >= 0.6 is 11.3 Å². The van der Waals surface area contributed by atoms with Gasteiger partial charge in [-0.3, -0.25) is 4.79 Å². The van der Waals surface area contributed by atoms with Crippen LogP contribution in [0.15, 0.2) is 30.9 Å². The molecule has 1 aliphatic rings. The molecule has 0 unspecified atom stereocenters. The monoisotopic (exact) mass is 412 g/mol. The second-order valence-electron chi connectivity index (χ2n) is 7.04. The molecule has 0 spiro atoms. The molecule has 1 amide bonds. The summed E-state index contributed by atoms with van der Waals surface area (Å²) in [7, 11) is 1.67. The minimum absolute atomic E-state index is 0.0750. The van der Waals surface area contributed by atoms with E-state index in [9.17, 15) is 4.79 Å². The maximum Gasteiger partial charge on any atom is 0.223 e. The van der Waals surface area contributed by atoms with Gasteiger partial charge in [0.2, 0.25) is 5.91 Å². The molecule has 1 fully saturated rings. The number of nitrogens with zero attached hydrogens (tertiary/aromatic N) is 5. The van der Waals surface area contributed by atoms with Crippen LogP contribution in [0.3, 0.4) is 0 Å². The second kappa shape index (κ2) is 9.23. The summed E-state index contributed by atoms with van der Waals surface area (Å²) in [6.45, 7) is 3.00. The Kier molecular flexibility index (Phi) is 6.26. The van der Waals surface area contributed by atoms with Crippen LogP contribution in [0.25, 0.3) is 21.6 Å². The van der Waals surface area contributed by atoms with Crippen molar-refractivity contribution in [2.24, 2.45) is 5.92 Å². The van der Waals surface area contributed by atoms with Gasteiger partial charge in [-0.1, -0.05) is 11.3 Å². The fraction of sp³-hybridized carbons (Fsp3) is 0.450. The zero-order chi connectivity index (χ0) is 20.1. The van der Waals surface area contributed by atoms with Gasteiger partial charge in [0.05, 0.1) is 5.69 Å². The molecule has 3 aromatic heterocycles. The number of anilines is 1. The fourth-order valence-electron chi connectivity index (χ4n) is 3.44. The molecule has 1 aliphatic heterocycles. The first-order valence-corrected chi connectivity index (χ1v) is 10.6. The van der Waals surface area contributed by atoms with Gasteiger partial charge in [-0.15, -0.1) is 0 Å². The van der Waals surface area contributed by atoms with Crippen LogP contribution in [0.4, 0.5) is 5.13 Å². The predicted molar refractivity (Wildman–Crippen MR) is 113 cm³/mol. The lowest BCUT2D eigenvalue weighted by Crippen LogP contribution is -2.40. The van der Waals surface area contributed by atoms with E-state index in [0.29, 0.717) is 13.2 Å². The number of piperidine rings is 1. The zero-order valence-electron chi connectivity index (χ0n) is 16.4. The van der Waals surface area contributed by atoms with Crippen molar-refractivity contribution in [3.8, 4) is 11.3 Å². The van der Waals surface area contributed by atoms with E-state index in [1.165, 1.54) is 6.33 Å². The van der Waals surface area contributed by atoms with Gasteiger partial charge in [-0.05, 0) is 31.4 Å². The van der Waals surface area contributed by atoms with Crippen molar-refractivity contribution in [3.05, 3.63) is 30.9 Å². The van der Waals surface area contributed by atoms with Gasteiger partial charge < -0.3 is 15.0 Å². The van der Waals surface area contributed by atoms with Gasteiger partial charge in [-0.25, -0.2) is 19.9 Å². The number of rotatable bonds is 7. The number of pyridine rings is 1. The molecular formula is C20H24N6O2S. The molecule has 0 atom stereocenters. The number of hydrogen-bond donors (Lipinski definition) is 1. The quantitative estimate of drug-likeness (QED) is 0.596. The molecule has 0 saturated carbocycles. The maximum absolute atomic E-state index is 12.3. The first kappa shape index (κ1) is 19.7. The van der Waals surface area contributed by atoms with Gasteiger partial charge in [0.25, 0.3) is 0 Å². The van der Waals surface area contributed by atoms with Gasteiger partial charge >= 0.3 is 0 Å². The van der Waals surface area contributed by atoms with Crippen LogP contribution in [-0.4, -0.2) is 59.2 Å². The van der Waals surface area contributed by atoms with Gasteiger partial charge in [0.15, 0.2) is 5.13 Å². The smallest absolute Gasteiger partial charge is 0.223 e. The molecule has 0 aromatic carbocycles. The molecule has 0 aliphatic carbocycles. The summed E-state index contributed by atoms with van der Waals surface area (Å²) in [5.74, 6) is 0.229. The van der Waals surface area contributed by atoms with E-state index >= 15 is 0 Å². The van der Waals surface area contributed by atoms with Crippen molar-refractivity contribution >= 4 is 32.7 Å². The zero-order valence-corrected chi connectivity index (χ0v) is 17.2. The normalized spacial score (nSPS) is 15.0. The molecule has 152 valence electrons. The van der Waals surface area contributed by atoms with Crippen molar-refractivity contribution in [2.45, 2.75) is 19.3 Å². The van der Waals surface area contributed by atoms with E-state index in [1.807, 2.05) is 12.1 Å². The predicted octanol–water partition coefficient (Wildman–Crippen LogP) is 2.52. The van der Waals surface area contributed by atoms with E-state index in [1.54, 1.807) is 30.8 Å². The molecule has 8 nitrogen and oxygen atoms in total. The van der Waals surface area contributed by atoms with E-state index in [-0.39, 0.29) is 11.8 Å². The Morgan fingerprint density at radius 3 is 2.79 bits per heavy atom. The van der Waals surface area contributed by atoms with Crippen molar-refractivity contribution < 1.29 is 9.53 Å².